The molecule has 0 aliphatic heterocycles. The van der Waals surface area contributed by atoms with Crippen molar-refractivity contribution < 1.29 is 14.3 Å². The number of hydrogen-bond acceptors (Lipinski definition) is 4. The molecule has 0 radical (unpaired) electrons. The molecular formula is C22H25N3O3. The van der Waals surface area contributed by atoms with Crippen molar-refractivity contribution in [2.75, 3.05) is 23.8 Å². The lowest BCUT2D eigenvalue weighted by molar-refractivity contribution is 0.262. The van der Waals surface area contributed by atoms with E-state index in [1.807, 2.05) is 44.2 Å². The maximum absolute atomic E-state index is 12.6. The number of nitrogens with one attached hydrogen (secondary N) is 2. The smallest absolute Gasteiger partial charge is 0.323 e. The van der Waals surface area contributed by atoms with E-state index in [1.165, 1.54) is 0 Å². The number of anilines is 2. The summed E-state index contributed by atoms with van der Waals surface area (Å²) in [5, 5.41) is 6.63. The van der Waals surface area contributed by atoms with Gasteiger partial charge >= 0.3 is 6.03 Å². The van der Waals surface area contributed by atoms with Crippen LogP contribution in [0.1, 0.15) is 26.7 Å². The average Bonchev–Trinajstić information content (AvgIpc) is 2.71. The van der Waals surface area contributed by atoms with Crippen molar-refractivity contribution >= 4 is 28.3 Å². The van der Waals surface area contributed by atoms with Gasteiger partial charge in [0.2, 0.25) is 0 Å². The van der Waals surface area contributed by atoms with E-state index in [-0.39, 0.29) is 6.03 Å². The molecule has 0 atom stereocenters. The van der Waals surface area contributed by atoms with E-state index >= 15 is 0 Å². The number of para-hydroxylation sites is 1. The number of benzene rings is 2. The first-order valence-corrected chi connectivity index (χ1v) is 9.52. The first-order valence-electron chi connectivity index (χ1n) is 9.52. The Labute approximate surface area is 164 Å². The number of hydrogen-bond donors (Lipinski definition) is 2. The van der Waals surface area contributed by atoms with Crippen LogP contribution in [0.4, 0.5) is 16.2 Å². The van der Waals surface area contributed by atoms with Crippen LogP contribution in [0.5, 0.6) is 11.5 Å². The topological polar surface area (TPSA) is 72.5 Å². The lowest BCUT2D eigenvalue weighted by Gasteiger charge is -2.13. The molecule has 1 aromatic heterocycles. The van der Waals surface area contributed by atoms with Crippen LogP contribution in [0.3, 0.4) is 0 Å². The van der Waals surface area contributed by atoms with Gasteiger partial charge in [-0.2, -0.15) is 0 Å². The van der Waals surface area contributed by atoms with Gasteiger partial charge in [-0.1, -0.05) is 32.0 Å². The Morgan fingerprint density at radius 1 is 0.929 bits per heavy atom. The van der Waals surface area contributed by atoms with E-state index in [9.17, 15) is 4.79 Å². The van der Waals surface area contributed by atoms with E-state index in [0.29, 0.717) is 36.1 Å². The minimum atomic E-state index is -0.342. The predicted octanol–water partition coefficient (Wildman–Crippen LogP) is 5.46. The zero-order valence-corrected chi connectivity index (χ0v) is 16.2. The monoisotopic (exact) mass is 379 g/mol. The fourth-order valence-corrected chi connectivity index (χ4v) is 2.74. The highest BCUT2D eigenvalue weighted by Crippen LogP contribution is 2.27. The molecule has 2 amide bonds. The molecule has 3 rings (SSSR count). The zero-order chi connectivity index (χ0) is 19.8. The molecule has 0 unspecified atom stereocenters. The van der Waals surface area contributed by atoms with Crippen molar-refractivity contribution in [2.24, 2.45) is 0 Å². The largest absolute Gasteiger partial charge is 0.493 e. The van der Waals surface area contributed by atoms with Crippen LogP contribution in [0.2, 0.25) is 0 Å². The van der Waals surface area contributed by atoms with Gasteiger partial charge in [0.25, 0.3) is 0 Å². The summed E-state index contributed by atoms with van der Waals surface area (Å²) in [5.41, 5.74) is 2.13. The highest BCUT2D eigenvalue weighted by Gasteiger charge is 2.09. The number of carbonyl (C=O) groups excluding carboxylic acids is 1. The molecule has 3 aromatic rings. The number of amides is 2. The number of nitrogens with zero attached hydrogens (tertiary/aromatic N) is 1. The molecule has 0 aliphatic carbocycles. The molecule has 146 valence electrons. The summed E-state index contributed by atoms with van der Waals surface area (Å²) in [4.78, 5) is 16.9. The number of urea groups is 1. The van der Waals surface area contributed by atoms with E-state index < -0.39 is 0 Å². The molecule has 6 heteroatoms. The quantitative estimate of drug-likeness (QED) is 0.545. The summed E-state index contributed by atoms with van der Waals surface area (Å²) in [6, 6.07) is 14.5. The Bertz CT molecular complexity index is 912. The molecule has 0 aliphatic rings. The molecule has 0 spiro atoms. The molecule has 0 saturated carbocycles. The Balaban J connectivity index is 1.76. The highest BCUT2D eigenvalue weighted by molar-refractivity contribution is 6.05. The van der Waals surface area contributed by atoms with Gasteiger partial charge in [-0.3, -0.25) is 4.98 Å². The summed E-state index contributed by atoms with van der Waals surface area (Å²) in [6.45, 7) is 5.30. The number of ether oxygens (including phenoxy) is 2. The van der Waals surface area contributed by atoms with Crippen molar-refractivity contribution in [3.05, 3.63) is 54.7 Å². The summed E-state index contributed by atoms with van der Waals surface area (Å²) < 4.78 is 11.4. The number of fused-ring (bicyclic) bond motifs is 1. The van der Waals surface area contributed by atoms with Crippen LogP contribution >= 0.6 is 0 Å². The SMILES string of the molecule is CCCOc1cc(NC(=O)Nc2ccnc3ccccc23)cc(OCCC)c1. The third-order valence-electron chi connectivity index (χ3n) is 3.98. The van der Waals surface area contributed by atoms with Crippen LogP contribution < -0.4 is 20.1 Å². The third kappa shape index (κ3) is 5.13. The Morgan fingerprint density at radius 3 is 2.29 bits per heavy atom. The van der Waals surface area contributed by atoms with E-state index in [0.717, 1.165) is 23.7 Å². The van der Waals surface area contributed by atoms with Crippen LogP contribution in [-0.4, -0.2) is 24.2 Å². The minimum Gasteiger partial charge on any atom is -0.493 e. The fraction of sp³-hybridized carbons (Fsp3) is 0.273. The van der Waals surface area contributed by atoms with Crippen LogP contribution in [0, 0.1) is 0 Å². The second kappa shape index (κ2) is 9.60. The summed E-state index contributed by atoms with van der Waals surface area (Å²) in [6.07, 6.45) is 3.48. The van der Waals surface area contributed by atoms with E-state index in [2.05, 4.69) is 15.6 Å². The van der Waals surface area contributed by atoms with Gasteiger partial charge in [-0.25, -0.2) is 4.79 Å². The number of pyridine rings is 1. The Hall–Kier alpha value is -3.28. The summed E-state index contributed by atoms with van der Waals surface area (Å²) >= 11 is 0. The van der Waals surface area contributed by atoms with Crippen molar-refractivity contribution in [1.29, 1.82) is 0 Å². The predicted molar refractivity (Wildman–Crippen MR) is 112 cm³/mol. The Kier molecular flexibility index (Phi) is 6.68. The molecular weight excluding hydrogens is 354 g/mol. The molecule has 0 saturated heterocycles. The van der Waals surface area contributed by atoms with Crippen LogP contribution in [0.15, 0.2) is 54.7 Å². The molecule has 0 fully saturated rings. The third-order valence-corrected chi connectivity index (χ3v) is 3.98. The second-order valence-corrected chi connectivity index (χ2v) is 6.34. The van der Waals surface area contributed by atoms with E-state index in [4.69, 9.17) is 9.47 Å². The summed E-state index contributed by atoms with van der Waals surface area (Å²) in [5.74, 6) is 1.33. The van der Waals surface area contributed by atoms with Crippen molar-refractivity contribution in [2.45, 2.75) is 26.7 Å². The van der Waals surface area contributed by atoms with E-state index in [1.54, 1.807) is 24.4 Å². The highest BCUT2D eigenvalue weighted by atomic mass is 16.5. The minimum absolute atomic E-state index is 0.342. The summed E-state index contributed by atoms with van der Waals surface area (Å²) in [7, 11) is 0. The maximum Gasteiger partial charge on any atom is 0.323 e. The first-order chi connectivity index (χ1) is 13.7. The van der Waals surface area contributed by atoms with Crippen molar-refractivity contribution in [3.63, 3.8) is 0 Å². The fourth-order valence-electron chi connectivity index (χ4n) is 2.74. The van der Waals surface area contributed by atoms with Gasteiger partial charge in [0.05, 0.1) is 24.4 Å². The van der Waals surface area contributed by atoms with Gasteiger partial charge < -0.3 is 20.1 Å². The normalized spacial score (nSPS) is 10.5. The van der Waals surface area contributed by atoms with Crippen LogP contribution in [-0.2, 0) is 0 Å². The first kappa shape index (κ1) is 19.5. The van der Waals surface area contributed by atoms with Gasteiger partial charge in [0, 0.05) is 35.5 Å². The molecule has 28 heavy (non-hydrogen) atoms. The molecule has 6 nitrogen and oxygen atoms in total. The standard InChI is InChI=1S/C22H25N3O3/c1-3-11-27-17-13-16(14-18(15-17)28-12-4-2)24-22(26)25-21-9-10-23-20-8-6-5-7-19(20)21/h5-10,13-15H,3-4,11-12H2,1-2H3,(H2,23,24,25,26). The molecule has 0 bridgehead atoms. The van der Waals surface area contributed by atoms with Crippen molar-refractivity contribution in [3.8, 4) is 11.5 Å². The molecule has 2 aromatic carbocycles. The number of rotatable bonds is 8. The van der Waals surface area contributed by atoms with Gasteiger partial charge in [-0.05, 0) is 25.0 Å². The molecule has 1 heterocycles. The maximum atomic E-state index is 12.6. The number of carbonyl (C=O) groups is 1. The van der Waals surface area contributed by atoms with Crippen molar-refractivity contribution in [1.82, 2.24) is 4.98 Å². The Morgan fingerprint density at radius 2 is 1.61 bits per heavy atom. The average molecular weight is 379 g/mol. The second-order valence-electron chi connectivity index (χ2n) is 6.34. The van der Waals surface area contributed by atoms with Gasteiger partial charge in [0.15, 0.2) is 0 Å². The zero-order valence-electron chi connectivity index (χ0n) is 16.2. The van der Waals surface area contributed by atoms with Gasteiger partial charge in [0.1, 0.15) is 11.5 Å². The number of aromatic nitrogens is 1. The molecule has 2 N–H and O–H groups in total. The van der Waals surface area contributed by atoms with Gasteiger partial charge in [-0.15, -0.1) is 0 Å². The van der Waals surface area contributed by atoms with Crippen LogP contribution in [0.25, 0.3) is 10.9 Å². The lowest BCUT2D eigenvalue weighted by Crippen LogP contribution is -2.19. The lowest BCUT2D eigenvalue weighted by atomic mass is 10.2.